The van der Waals surface area contributed by atoms with E-state index < -0.39 is 5.97 Å². The standard InChI is InChI=1S/C16H22ClNO3/c17-14-5-1-2-6-15(14)21-13-8-11-18(12-9-13)10-4-3-7-16(19)20/h1-2,5-6,13H,3-4,7-12H2,(H,19,20). The Hall–Kier alpha value is -1.26. The lowest BCUT2D eigenvalue weighted by Crippen LogP contribution is -2.38. The van der Waals surface area contributed by atoms with Crippen molar-refractivity contribution in [2.24, 2.45) is 0 Å². The zero-order chi connectivity index (χ0) is 15.1. The number of halogens is 1. The fraction of sp³-hybridized carbons (Fsp3) is 0.562. The smallest absolute Gasteiger partial charge is 0.303 e. The largest absolute Gasteiger partial charge is 0.489 e. The molecule has 0 amide bonds. The Morgan fingerprint density at radius 2 is 2.00 bits per heavy atom. The second kappa shape index (κ2) is 8.25. The summed E-state index contributed by atoms with van der Waals surface area (Å²) in [4.78, 5) is 12.8. The van der Waals surface area contributed by atoms with E-state index >= 15 is 0 Å². The van der Waals surface area contributed by atoms with Crippen LogP contribution >= 0.6 is 11.6 Å². The quantitative estimate of drug-likeness (QED) is 0.784. The van der Waals surface area contributed by atoms with Gasteiger partial charge in [-0.05, 0) is 44.4 Å². The molecule has 1 aromatic rings. The third kappa shape index (κ3) is 5.56. The Labute approximate surface area is 130 Å². The molecule has 1 saturated heterocycles. The molecule has 0 aliphatic carbocycles. The van der Waals surface area contributed by atoms with Crippen molar-refractivity contribution in [3.05, 3.63) is 29.3 Å². The highest BCUT2D eigenvalue weighted by molar-refractivity contribution is 6.32. The Morgan fingerprint density at radius 3 is 2.67 bits per heavy atom. The Kier molecular flexibility index (Phi) is 6.33. The maximum absolute atomic E-state index is 10.5. The van der Waals surface area contributed by atoms with Gasteiger partial charge in [-0.25, -0.2) is 0 Å². The van der Waals surface area contributed by atoms with Gasteiger partial charge in [0.1, 0.15) is 11.9 Å². The molecule has 1 aliphatic heterocycles. The zero-order valence-electron chi connectivity index (χ0n) is 12.1. The summed E-state index contributed by atoms with van der Waals surface area (Å²) in [5.74, 6) is 0.0564. The van der Waals surface area contributed by atoms with Crippen LogP contribution in [0.1, 0.15) is 32.1 Å². The van der Waals surface area contributed by atoms with Crippen molar-refractivity contribution < 1.29 is 14.6 Å². The van der Waals surface area contributed by atoms with Crippen molar-refractivity contribution in [3.63, 3.8) is 0 Å². The monoisotopic (exact) mass is 311 g/mol. The summed E-state index contributed by atoms with van der Waals surface area (Å²) in [5.41, 5.74) is 0. The zero-order valence-corrected chi connectivity index (χ0v) is 12.9. The van der Waals surface area contributed by atoms with Gasteiger partial charge in [-0.3, -0.25) is 4.79 Å². The Balaban J connectivity index is 1.66. The van der Waals surface area contributed by atoms with Gasteiger partial charge >= 0.3 is 5.97 Å². The minimum atomic E-state index is -0.707. The van der Waals surface area contributed by atoms with E-state index in [0.717, 1.165) is 51.1 Å². The molecule has 0 aromatic heterocycles. The first-order valence-electron chi connectivity index (χ1n) is 7.50. The van der Waals surface area contributed by atoms with Crippen molar-refractivity contribution in [2.75, 3.05) is 19.6 Å². The van der Waals surface area contributed by atoms with Gasteiger partial charge in [0, 0.05) is 19.5 Å². The lowest BCUT2D eigenvalue weighted by Gasteiger charge is -2.32. The van der Waals surface area contributed by atoms with Gasteiger partial charge in [-0.1, -0.05) is 23.7 Å². The maximum Gasteiger partial charge on any atom is 0.303 e. The number of nitrogens with zero attached hydrogens (tertiary/aromatic N) is 1. The number of likely N-dealkylation sites (tertiary alicyclic amines) is 1. The average molecular weight is 312 g/mol. The maximum atomic E-state index is 10.5. The van der Waals surface area contributed by atoms with E-state index in [-0.39, 0.29) is 12.5 Å². The molecule has 0 saturated carbocycles. The van der Waals surface area contributed by atoms with Gasteiger partial charge < -0.3 is 14.7 Å². The molecule has 0 bridgehead atoms. The first-order valence-corrected chi connectivity index (χ1v) is 7.88. The number of carboxylic acids is 1. The van der Waals surface area contributed by atoms with Crippen LogP contribution in [0, 0.1) is 0 Å². The van der Waals surface area contributed by atoms with Crippen molar-refractivity contribution >= 4 is 17.6 Å². The number of para-hydroxylation sites is 1. The van der Waals surface area contributed by atoms with Gasteiger partial charge in [-0.15, -0.1) is 0 Å². The molecule has 21 heavy (non-hydrogen) atoms. The van der Waals surface area contributed by atoms with Crippen LogP contribution in [0.25, 0.3) is 0 Å². The molecule has 1 aliphatic rings. The van der Waals surface area contributed by atoms with Crippen LogP contribution in [0.5, 0.6) is 5.75 Å². The number of carbonyl (C=O) groups is 1. The molecular formula is C16H22ClNO3. The molecule has 5 heteroatoms. The fourth-order valence-corrected chi connectivity index (χ4v) is 2.76. The molecular weight excluding hydrogens is 290 g/mol. The van der Waals surface area contributed by atoms with Crippen LogP contribution in [0.15, 0.2) is 24.3 Å². The summed E-state index contributed by atoms with van der Waals surface area (Å²) in [7, 11) is 0. The SMILES string of the molecule is O=C(O)CCCCN1CCC(Oc2ccccc2Cl)CC1. The molecule has 116 valence electrons. The van der Waals surface area contributed by atoms with Crippen molar-refractivity contribution in [1.82, 2.24) is 4.90 Å². The van der Waals surface area contributed by atoms with Gasteiger partial charge in [0.2, 0.25) is 0 Å². The topological polar surface area (TPSA) is 49.8 Å². The number of carboxylic acid groups (broad SMARTS) is 1. The molecule has 1 fully saturated rings. The number of hydrogen-bond acceptors (Lipinski definition) is 3. The summed E-state index contributed by atoms with van der Waals surface area (Å²) in [5, 5.41) is 9.27. The van der Waals surface area contributed by atoms with Crippen LogP contribution < -0.4 is 4.74 Å². The predicted octanol–water partition coefficient (Wildman–Crippen LogP) is 3.44. The summed E-state index contributed by atoms with van der Waals surface area (Å²) < 4.78 is 5.96. The normalized spacial score (nSPS) is 16.8. The third-order valence-corrected chi connectivity index (χ3v) is 4.09. The van der Waals surface area contributed by atoms with Crippen LogP contribution in [-0.4, -0.2) is 41.7 Å². The minimum absolute atomic E-state index is 0.222. The van der Waals surface area contributed by atoms with Crippen molar-refractivity contribution in [1.29, 1.82) is 0 Å². The first-order chi connectivity index (χ1) is 10.1. The van der Waals surface area contributed by atoms with Crippen LogP contribution in [0.3, 0.4) is 0 Å². The molecule has 1 heterocycles. The molecule has 0 atom stereocenters. The summed E-state index contributed by atoms with van der Waals surface area (Å²) in [6.07, 6.45) is 4.17. The van der Waals surface area contributed by atoms with Crippen LogP contribution in [0.4, 0.5) is 0 Å². The second-order valence-electron chi connectivity index (χ2n) is 5.44. The van der Waals surface area contributed by atoms with E-state index in [0.29, 0.717) is 5.02 Å². The number of hydrogen-bond donors (Lipinski definition) is 1. The van der Waals surface area contributed by atoms with E-state index in [1.54, 1.807) is 0 Å². The number of piperidine rings is 1. The molecule has 4 nitrogen and oxygen atoms in total. The number of ether oxygens (including phenoxy) is 1. The van der Waals surface area contributed by atoms with Crippen molar-refractivity contribution in [3.8, 4) is 5.75 Å². The summed E-state index contributed by atoms with van der Waals surface area (Å²) in [6, 6.07) is 7.57. The Bertz CT molecular complexity index is 459. The molecule has 1 N–H and O–H groups in total. The van der Waals surface area contributed by atoms with Gasteiger partial charge in [0.05, 0.1) is 5.02 Å². The van der Waals surface area contributed by atoms with Gasteiger partial charge in [0.25, 0.3) is 0 Å². The van der Waals surface area contributed by atoms with E-state index in [1.807, 2.05) is 24.3 Å². The van der Waals surface area contributed by atoms with Crippen LogP contribution in [0.2, 0.25) is 5.02 Å². The summed E-state index contributed by atoms with van der Waals surface area (Å²) >= 11 is 6.10. The molecule has 0 radical (unpaired) electrons. The average Bonchev–Trinajstić information content (AvgIpc) is 2.47. The molecule has 0 spiro atoms. The number of unbranched alkanes of at least 4 members (excludes halogenated alkanes) is 1. The minimum Gasteiger partial charge on any atom is -0.489 e. The molecule has 0 unspecified atom stereocenters. The van der Waals surface area contributed by atoms with E-state index in [2.05, 4.69) is 4.90 Å². The third-order valence-electron chi connectivity index (χ3n) is 3.78. The highest BCUT2D eigenvalue weighted by atomic mass is 35.5. The van der Waals surface area contributed by atoms with E-state index in [4.69, 9.17) is 21.4 Å². The lowest BCUT2D eigenvalue weighted by molar-refractivity contribution is -0.137. The number of benzene rings is 1. The predicted molar refractivity (Wildman–Crippen MR) is 83.0 cm³/mol. The second-order valence-corrected chi connectivity index (χ2v) is 5.85. The first kappa shape index (κ1) is 16.1. The highest BCUT2D eigenvalue weighted by Gasteiger charge is 2.20. The van der Waals surface area contributed by atoms with Crippen molar-refractivity contribution in [2.45, 2.75) is 38.2 Å². The number of aliphatic carboxylic acids is 1. The molecule has 2 rings (SSSR count). The van der Waals surface area contributed by atoms with E-state index in [9.17, 15) is 4.79 Å². The van der Waals surface area contributed by atoms with Gasteiger partial charge in [-0.2, -0.15) is 0 Å². The fourth-order valence-electron chi connectivity index (χ4n) is 2.58. The van der Waals surface area contributed by atoms with E-state index in [1.165, 1.54) is 0 Å². The summed E-state index contributed by atoms with van der Waals surface area (Å²) in [6.45, 7) is 2.98. The lowest BCUT2D eigenvalue weighted by atomic mass is 10.1. The number of rotatable bonds is 7. The Morgan fingerprint density at radius 1 is 1.29 bits per heavy atom. The highest BCUT2D eigenvalue weighted by Crippen LogP contribution is 2.26. The molecule has 1 aromatic carbocycles. The van der Waals surface area contributed by atoms with Gasteiger partial charge in [0.15, 0.2) is 0 Å². The van der Waals surface area contributed by atoms with Crippen LogP contribution in [-0.2, 0) is 4.79 Å².